The maximum atomic E-state index is 5.53. The molecule has 0 radical (unpaired) electrons. The van der Waals surface area contributed by atoms with E-state index in [2.05, 4.69) is 20.1 Å². The first-order valence-electron chi connectivity index (χ1n) is 5.72. The van der Waals surface area contributed by atoms with Crippen molar-refractivity contribution in [3.63, 3.8) is 0 Å². The Labute approximate surface area is 109 Å². The Hall–Kier alpha value is -2.76. The largest absolute Gasteiger partial charge is 0.384 e. The fourth-order valence-electron chi connectivity index (χ4n) is 1.64. The van der Waals surface area contributed by atoms with Crippen LogP contribution in [0.25, 0.3) is 23.0 Å². The average molecular weight is 253 g/mol. The summed E-state index contributed by atoms with van der Waals surface area (Å²) < 4.78 is 5.20. The quantitative estimate of drug-likeness (QED) is 0.751. The Morgan fingerprint density at radius 3 is 2.74 bits per heavy atom. The van der Waals surface area contributed by atoms with Crippen LogP contribution in [0, 0.1) is 6.92 Å². The molecule has 3 aromatic heterocycles. The first kappa shape index (κ1) is 11.3. The molecule has 0 amide bonds. The first-order valence-corrected chi connectivity index (χ1v) is 5.72. The third kappa shape index (κ3) is 2.28. The zero-order valence-corrected chi connectivity index (χ0v) is 10.2. The molecule has 0 saturated carbocycles. The number of aryl methyl sites for hydroxylation is 1. The van der Waals surface area contributed by atoms with E-state index in [0.29, 0.717) is 23.2 Å². The highest BCUT2D eigenvalue weighted by molar-refractivity contribution is 5.57. The Balaban J connectivity index is 1.97. The molecule has 2 N–H and O–H groups in total. The molecule has 0 saturated heterocycles. The number of nitrogens with zero attached hydrogens (tertiary/aromatic N) is 4. The van der Waals surface area contributed by atoms with Gasteiger partial charge in [-0.1, -0.05) is 11.2 Å². The molecule has 0 unspecified atom stereocenters. The van der Waals surface area contributed by atoms with E-state index in [-0.39, 0.29) is 0 Å². The molecule has 3 rings (SSSR count). The van der Waals surface area contributed by atoms with Gasteiger partial charge in [0.1, 0.15) is 11.5 Å². The minimum atomic E-state index is 0.394. The molecule has 19 heavy (non-hydrogen) atoms. The van der Waals surface area contributed by atoms with Gasteiger partial charge in [-0.15, -0.1) is 0 Å². The summed E-state index contributed by atoms with van der Waals surface area (Å²) in [6.45, 7) is 1.91. The molecule has 6 heteroatoms. The summed E-state index contributed by atoms with van der Waals surface area (Å²) in [6.07, 6.45) is 1.59. The summed E-state index contributed by atoms with van der Waals surface area (Å²) in [5.74, 6) is 1.30. The van der Waals surface area contributed by atoms with Gasteiger partial charge in [-0.25, -0.2) is 9.97 Å². The number of anilines is 1. The fraction of sp³-hybridized carbons (Fsp3) is 0.0769. The third-order valence-corrected chi connectivity index (χ3v) is 2.58. The Bertz CT molecular complexity index is 705. The number of nitrogen functional groups attached to an aromatic ring is 1. The van der Waals surface area contributed by atoms with Gasteiger partial charge in [0.2, 0.25) is 5.82 Å². The van der Waals surface area contributed by atoms with Crippen molar-refractivity contribution in [1.82, 2.24) is 20.1 Å². The van der Waals surface area contributed by atoms with Crippen LogP contribution in [-0.4, -0.2) is 20.1 Å². The van der Waals surface area contributed by atoms with Crippen molar-refractivity contribution >= 4 is 5.82 Å². The molecule has 0 aliphatic carbocycles. The lowest BCUT2D eigenvalue weighted by Crippen LogP contribution is -1.89. The smallest absolute Gasteiger partial charge is 0.259 e. The summed E-state index contributed by atoms with van der Waals surface area (Å²) in [5, 5.41) is 3.92. The number of hydrogen-bond donors (Lipinski definition) is 1. The van der Waals surface area contributed by atoms with Crippen LogP contribution < -0.4 is 5.73 Å². The number of rotatable bonds is 2. The minimum absolute atomic E-state index is 0.394. The molecule has 6 nitrogen and oxygen atoms in total. The van der Waals surface area contributed by atoms with Crippen LogP contribution in [-0.2, 0) is 0 Å². The number of pyridine rings is 2. The molecule has 0 atom stereocenters. The fourth-order valence-corrected chi connectivity index (χ4v) is 1.64. The Morgan fingerprint density at radius 1 is 1.11 bits per heavy atom. The van der Waals surface area contributed by atoms with Crippen LogP contribution in [0.2, 0.25) is 0 Å². The normalized spacial score (nSPS) is 10.6. The topological polar surface area (TPSA) is 90.7 Å². The standard InChI is InChI=1S/C13H11N5O/c1-8-3-2-4-10(16-8)12-17-13(19-18-12)9-5-6-11(14)15-7-9/h2-7H,1H3,(H2,14,15). The second kappa shape index (κ2) is 4.49. The molecule has 0 bridgehead atoms. The van der Waals surface area contributed by atoms with Crippen LogP contribution in [0.15, 0.2) is 41.1 Å². The lowest BCUT2D eigenvalue weighted by atomic mass is 10.3. The monoisotopic (exact) mass is 253 g/mol. The van der Waals surface area contributed by atoms with Crippen molar-refractivity contribution in [3.05, 3.63) is 42.2 Å². The molecule has 0 aliphatic heterocycles. The molecule has 0 fully saturated rings. The van der Waals surface area contributed by atoms with Crippen molar-refractivity contribution in [2.45, 2.75) is 6.92 Å². The van der Waals surface area contributed by atoms with Crippen LogP contribution in [0.5, 0.6) is 0 Å². The van der Waals surface area contributed by atoms with Gasteiger partial charge in [0.05, 0.1) is 5.56 Å². The van der Waals surface area contributed by atoms with Gasteiger partial charge < -0.3 is 10.3 Å². The van der Waals surface area contributed by atoms with E-state index < -0.39 is 0 Å². The molecular weight excluding hydrogens is 242 g/mol. The van der Waals surface area contributed by atoms with Crippen molar-refractivity contribution in [1.29, 1.82) is 0 Å². The molecule has 3 aromatic rings. The lowest BCUT2D eigenvalue weighted by molar-refractivity contribution is 0.432. The maximum absolute atomic E-state index is 5.53. The second-order valence-corrected chi connectivity index (χ2v) is 4.06. The maximum Gasteiger partial charge on any atom is 0.259 e. The SMILES string of the molecule is Cc1cccc(-c2noc(-c3ccc(N)nc3)n2)n1. The van der Waals surface area contributed by atoms with Gasteiger partial charge >= 0.3 is 0 Å². The number of aromatic nitrogens is 4. The molecular formula is C13H11N5O. The van der Waals surface area contributed by atoms with Crippen LogP contribution in [0.4, 0.5) is 5.82 Å². The van der Waals surface area contributed by atoms with Crippen LogP contribution in [0.1, 0.15) is 5.69 Å². The third-order valence-electron chi connectivity index (χ3n) is 2.58. The summed E-state index contributed by atoms with van der Waals surface area (Å²) in [6, 6.07) is 9.11. The van der Waals surface area contributed by atoms with Gasteiger partial charge in [-0.2, -0.15) is 4.98 Å². The Kier molecular flexibility index (Phi) is 2.68. The average Bonchev–Trinajstić information content (AvgIpc) is 2.89. The zero-order chi connectivity index (χ0) is 13.2. The van der Waals surface area contributed by atoms with E-state index >= 15 is 0 Å². The highest BCUT2D eigenvalue weighted by Gasteiger charge is 2.11. The van der Waals surface area contributed by atoms with Crippen LogP contribution >= 0.6 is 0 Å². The van der Waals surface area contributed by atoms with E-state index in [9.17, 15) is 0 Å². The summed E-state index contributed by atoms with van der Waals surface area (Å²) >= 11 is 0. The number of hydrogen-bond acceptors (Lipinski definition) is 6. The highest BCUT2D eigenvalue weighted by atomic mass is 16.5. The van der Waals surface area contributed by atoms with Gasteiger partial charge in [-0.3, -0.25) is 0 Å². The highest BCUT2D eigenvalue weighted by Crippen LogP contribution is 2.20. The minimum Gasteiger partial charge on any atom is -0.384 e. The molecule has 0 aromatic carbocycles. The second-order valence-electron chi connectivity index (χ2n) is 4.06. The van der Waals surface area contributed by atoms with E-state index in [4.69, 9.17) is 10.3 Å². The Morgan fingerprint density at radius 2 is 2.00 bits per heavy atom. The van der Waals surface area contributed by atoms with Gasteiger partial charge in [-0.05, 0) is 31.2 Å². The molecule has 0 aliphatic rings. The van der Waals surface area contributed by atoms with E-state index in [0.717, 1.165) is 11.3 Å². The first-order chi connectivity index (χ1) is 9.22. The van der Waals surface area contributed by atoms with E-state index in [1.54, 1.807) is 18.3 Å². The van der Waals surface area contributed by atoms with Crippen molar-refractivity contribution < 1.29 is 4.52 Å². The predicted octanol–water partition coefficient (Wildman–Crippen LogP) is 2.08. The van der Waals surface area contributed by atoms with Crippen molar-refractivity contribution in [2.75, 3.05) is 5.73 Å². The molecule has 0 spiro atoms. The van der Waals surface area contributed by atoms with E-state index in [1.807, 2.05) is 25.1 Å². The van der Waals surface area contributed by atoms with Crippen molar-refractivity contribution in [3.8, 4) is 23.0 Å². The lowest BCUT2D eigenvalue weighted by Gasteiger charge is -1.95. The van der Waals surface area contributed by atoms with Gasteiger partial charge in [0.15, 0.2) is 0 Å². The summed E-state index contributed by atoms with van der Waals surface area (Å²) in [4.78, 5) is 12.6. The van der Waals surface area contributed by atoms with E-state index in [1.165, 1.54) is 0 Å². The van der Waals surface area contributed by atoms with Crippen LogP contribution in [0.3, 0.4) is 0 Å². The van der Waals surface area contributed by atoms with Gasteiger partial charge in [0, 0.05) is 11.9 Å². The molecule has 3 heterocycles. The van der Waals surface area contributed by atoms with Gasteiger partial charge in [0.25, 0.3) is 5.89 Å². The summed E-state index contributed by atoms with van der Waals surface area (Å²) in [7, 11) is 0. The predicted molar refractivity (Wildman–Crippen MR) is 69.9 cm³/mol. The zero-order valence-electron chi connectivity index (χ0n) is 10.2. The molecule has 94 valence electrons. The number of nitrogens with two attached hydrogens (primary N) is 1. The summed E-state index contributed by atoms with van der Waals surface area (Å²) in [5.41, 5.74) is 7.83. The van der Waals surface area contributed by atoms with Crippen molar-refractivity contribution in [2.24, 2.45) is 0 Å².